The van der Waals surface area contributed by atoms with Crippen LogP contribution in [0, 0.1) is 12.7 Å². The number of nitrogens with one attached hydrogen (secondary N) is 2. The number of hydrogen-bond acceptors (Lipinski definition) is 3. The smallest absolute Gasteiger partial charge is 0.337 e. The van der Waals surface area contributed by atoms with E-state index in [0.717, 1.165) is 0 Å². The van der Waals surface area contributed by atoms with Gasteiger partial charge in [0.1, 0.15) is 5.82 Å². The summed E-state index contributed by atoms with van der Waals surface area (Å²) in [5.41, 5.74) is 2.16. The van der Waals surface area contributed by atoms with Crippen molar-refractivity contribution in [2.24, 2.45) is 0 Å². The van der Waals surface area contributed by atoms with E-state index < -0.39 is 5.97 Å². The largest absolute Gasteiger partial charge is 0.465 e. The maximum atomic E-state index is 13.5. The molecule has 0 atom stereocenters. The molecule has 0 fully saturated rings. The highest BCUT2D eigenvalue weighted by molar-refractivity contribution is 7.80. The molecule has 0 aliphatic carbocycles. The molecule has 0 aliphatic heterocycles. The lowest BCUT2D eigenvalue weighted by Gasteiger charge is -2.11. The molecule has 0 unspecified atom stereocenters. The molecular weight excluding hydrogens is 303 g/mol. The summed E-state index contributed by atoms with van der Waals surface area (Å²) >= 11 is 5.17. The number of esters is 1. The van der Waals surface area contributed by atoms with Gasteiger partial charge in [-0.2, -0.15) is 0 Å². The Morgan fingerprint density at radius 3 is 2.45 bits per heavy atom. The van der Waals surface area contributed by atoms with Crippen LogP contribution in [0.1, 0.15) is 15.9 Å². The zero-order chi connectivity index (χ0) is 16.1. The van der Waals surface area contributed by atoms with Gasteiger partial charge in [-0.1, -0.05) is 12.1 Å². The average molecular weight is 318 g/mol. The second-order valence-electron chi connectivity index (χ2n) is 4.62. The third-order valence-electron chi connectivity index (χ3n) is 2.97. The van der Waals surface area contributed by atoms with Gasteiger partial charge >= 0.3 is 5.97 Å². The Labute approximate surface area is 133 Å². The van der Waals surface area contributed by atoms with Crippen LogP contribution in [-0.4, -0.2) is 18.2 Å². The van der Waals surface area contributed by atoms with Crippen LogP contribution in [0.25, 0.3) is 0 Å². The lowest BCUT2D eigenvalue weighted by molar-refractivity contribution is 0.0601. The molecule has 2 aromatic carbocycles. The Hall–Kier alpha value is -2.47. The number of carbonyl (C=O) groups excluding carboxylic acids is 1. The van der Waals surface area contributed by atoms with Crippen LogP contribution in [0.2, 0.25) is 0 Å². The molecule has 6 heteroatoms. The Bertz CT molecular complexity index is 719. The number of aryl methyl sites for hydroxylation is 1. The summed E-state index contributed by atoms with van der Waals surface area (Å²) in [6, 6.07) is 11.5. The van der Waals surface area contributed by atoms with Crippen LogP contribution in [0.5, 0.6) is 0 Å². The van der Waals surface area contributed by atoms with E-state index in [9.17, 15) is 9.18 Å². The number of halogens is 1. The van der Waals surface area contributed by atoms with Crippen molar-refractivity contribution in [3.63, 3.8) is 0 Å². The van der Waals surface area contributed by atoms with Crippen molar-refractivity contribution >= 4 is 34.7 Å². The molecule has 0 aliphatic rings. The fourth-order valence-corrected chi connectivity index (χ4v) is 2.04. The summed E-state index contributed by atoms with van der Waals surface area (Å²) in [4.78, 5) is 11.5. The van der Waals surface area contributed by atoms with Crippen LogP contribution >= 0.6 is 12.2 Å². The molecule has 2 aromatic rings. The summed E-state index contributed by atoms with van der Waals surface area (Å²) in [7, 11) is 1.32. The minimum atomic E-state index is -0.428. The van der Waals surface area contributed by atoms with Crippen molar-refractivity contribution in [1.29, 1.82) is 0 Å². The second-order valence-corrected chi connectivity index (χ2v) is 5.02. The summed E-state index contributed by atoms with van der Waals surface area (Å²) < 4.78 is 18.1. The van der Waals surface area contributed by atoms with Gasteiger partial charge in [0, 0.05) is 11.4 Å². The first-order valence-electron chi connectivity index (χ1n) is 6.52. The lowest BCUT2D eigenvalue weighted by atomic mass is 10.2. The first kappa shape index (κ1) is 15.9. The number of rotatable bonds is 3. The van der Waals surface area contributed by atoms with Gasteiger partial charge in [-0.25, -0.2) is 9.18 Å². The van der Waals surface area contributed by atoms with E-state index in [4.69, 9.17) is 12.2 Å². The summed E-state index contributed by atoms with van der Waals surface area (Å²) in [5.74, 6) is -0.733. The van der Waals surface area contributed by atoms with Crippen LogP contribution in [-0.2, 0) is 4.74 Å². The molecule has 4 nitrogen and oxygen atoms in total. The van der Waals surface area contributed by atoms with E-state index in [0.29, 0.717) is 27.6 Å². The van der Waals surface area contributed by atoms with Crippen molar-refractivity contribution in [3.8, 4) is 0 Å². The average Bonchev–Trinajstić information content (AvgIpc) is 2.50. The van der Waals surface area contributed by atoms with E-state index in [1.54, 1.807) is 43.3 Å². The van der Waals surface area contributed by atoms with E-state index in [1.807, 2.05) is 0 Å². The van der Waals surface area contributed by atoms with Crippen LogP contribution < -0.4 is 10.6 Å². The minimum Gasteiger partial charge on any atom is -0.465 e. The predicted octanol–water partition coefficient (Wildman–Crippen LogP) is 3.73. The summed E-state index contributed by atoms with van der Waals surface area (Å²) in [5, 5.41) is 6.12. The Morgan fingerprint density at radius 2 is 1.82 bits per heavy atom. The topological polar surface area (TPSA) is 50.4 Å². The zero-order valence-corrected chi connectivity index (χ0v) is 13.0. The molecule has 0 aromatic heterocycles. The molecule has 2 N–H and O–H groups in total. The molecule has 22 heavy (non-hydrogen) atoms. The van der Waals surface area contributed by atoms with E-state index in [2.05, 4.69) is 15.4 Å². The van der Waals surface area contributed by atoms with E-state index >= 15 is 0 Å². The molecule has 114 valence electrons. The van der Waals surface area contributed by atoms with Crippen molar-refractivity contribution < 1.29 is 13.9 Å². The molecular formula is C16H15FN2O2S. The molecule has 0 bridgehead atoms. The van der Waals surface area contributed by atoms with Gasteiger partial charge in [-0.15, -0.1) is 0 Å². The number of carbonyl (C=O) groups is 1. The Balaban J connectivity index is 2.05. The van der Waals surface area contributed by atoms with Crippen LogP contribution in [0.15, 0.2) is 42.5 Å². The van der Waals surface area contributed by atoms with Crippen molar-refractivity contribution in [2.75, 3.05) is 17.7 Å². The number of methoxy groups -OCH3 is 1. The fourth-order valence-electron chi connectivity index (χ4n) is 1.81. The molecule has 0 amide bonds. The molecule has 0 spiro atoms. The lowest BCUT2D eigenvalue weighted by Crippen LogP contribution is -2.19. The number of thiocarbonyl (C=S) groups is 1. The van der Waals surface area contributed by atoms with Gasteiger partial charge in [0.15, 0.2) is 5.11 Å². The van der Waals surface area contributed by atoms with Gasteiger partial charge in [-0.05, 0) is 55.0 Å². The molecule has 0 heterocycles. The molecule has 0 saturated heterocycles. The van der Waals surface area contributed by atoms with Crippen LogP contribution in [0.4, 0.5) is 15.8 Å². The zero-order valence-electron chi connectivity index (χ0n) is 12.1. The Kier molecular flexibility index (Phi) is 5.06. The highest BCUT2D eigenvalue weighted by atomic mass is 32.1. The standard InChI is InChI=1S/C16H15FN2O2S/c1-10-6-7-13(9-14(10)17)19-16(22)18-12-5-3-4-11(8-12)15(20)21-2/h3-9H,1-2H3,(H2,18,19,22). The van der Waals surface area contributed by atoms with Crippen molar-refractivity contribution in [2.45, 2.75) is 6.92 Å². The monoisotopic (exact) mass is 318 g/mol. The van der Waals surface area contributed by atoms with Gasteiger partial charge in [0.25, 0.3) is 0 Å². The SMILES string of the molecule is COC(=O)c1cccc(NC(=S)Nc2ccc(C)c(F)c2)c1. The quantitative estimate of drug-likeness (QED) is 0.667. The van der Waals surface area contributed by atoms with Crippen molar-refractivity contribution in [3.05, 3.63) is 59.4 Å². The number of benzene rings is 2. The van der Waals surface area contributed by atoms with Gasteiger partial charge in [0.2, 0.25) is 0 Å². The maximum Gasteiger partial charge on any atom is 0.337 e. The molecule has 0 saturated carbocycles. The first-order chi connectivity index (χ1) is 10.5. The fraction of sp³-hybridized carbons (Fsp3) is 0.125. The number of anilines is 2. The third-order valence-corrected chi connectivity index (χ3v) is 3.18. The highest BCUT2D eigenvalue weighted by Gasteiger charge is 2.07. The predicted molar refractivity (Wildman–Crippen MR) is 88.8 cm³/mol. The van der Waals surface area contributed by atoms with E-state index in [-0.39, 0.29) is 5.82 Å². The second kappa shape index (κ2) is 7.00. The number of hydrogen-bond donors (Lipinski definition) is 2. The highest BCUT2D eigenvalue weighted by Crippen LogP contribution is 2.15. The van der Waals surface area contributed by atoms with Gasteiger partial charge < -0.3 is 15.4 Å². The van der Waals surface area contributed by atoms with Gasteiger partial charge in [-0.3, -0.25) is 0 Å². The first-order valence-corrected chi connectivity index (χ1v) is 6.93. The number of ether oxygens (including phenoxy) is 1. The Morgan fingerprint density at radius 1 is 1.14 bits per heavy atom. The molecule has 0 radical (unpaired) electrons. The van der Waals surface area contributed by atoms with Crippen molar-refractivity contribution in [1.82, 2.24) is 0 Å². The van der Waals surface area contributed by atoms with Gasteiger partial charge in [0.05, 0.1) is 12.7 Å². The molecule has 2 rings (SSSR count). The summed E-state index contributed by atoms with van der Waals surface area (Å²) in [6.45, 7) is 1.69. The summed E-state index contributed by atoms with van der Waals surface area (Å²) in [6.07, 6.45) is 0. The normalized spacial score (nSPS) is 9.95. The van der Waals surface area contributed by atoms with E-state index in [1.165, 1.54) is 13.2 Å². The minimum absolute atomic E-state index is 0.297. The third kappa shape index (κ3) is 4.02. The maximum absolute atomic E-state index is 13.5. The van der Waals surface area contributed by atoms with Crippen LogP contribution in [0.3, 0.4) is 0 Å².